The smallest absolute Gasteiger partial charge is 0.166 e. The number of aryl methyl sites for hydroxylation is 1. The number of benzene rings is 2. The van der Waals surface area contributed by atoms with Crippen LogP contribution in [0.25, 0.3) is 11.0 Å². The van der Waals surface area contributed by atoms with Gasteiger partial charge in [-0.1, -0.05) is 36.0 Å². The summed E-state index contributed by atoms with van der Waals surface area (Å²) >= 11 is 3.42. The molecule has 0 aliphatic heterocycles. The van der Waals surface area contributed by atoms with Crippen molar-refractivity contribution < 1.29 is 9.47 Å². The quantitative estimate of drug-likeness (QED) is 0.344. The molecular formula is C23H23N3O2S2. The molecule has 0 spiro atoms. The van der Waals surface area contributed by atoms with E-state index in [2.05, 4.69) is 27.1 Å². The van der Waals surface area contributed by atoms with E-state index in [9.17, 15) is 0 Å². The molecular weight excluding hydrogens is 414 g/mol. The summed E-state index contributed by atoms with van der Waals surface area (Å²) < 4.78 is 10.9. The zero-order valence-electron chi connectivity index (χ0n) is 16.9. The highest BCUT2D eigenvalue weighted by molar-refractivity contribution is 7.99. The molecule has 5 nitrogen and oxygen atoms in total. The standard InChI is InChI=1S/C23H23N3O2S2/c1-27-17-9-7-16(8-10-17)12-14-29-21-11-13-24-20(22(21)28-2)15-30-23-25-18-5-3-4-6-19(18)26-23/h3-11,13H,12,14-15H2,1-2H3,(H,25,26). The van der Waals surface area contributed by atoms with Gasteiger partial charge in [0.15, 0.2) is 10.9 Å². The summed E-state index contributed by atoms with van der Waals surface area (Å²) in [6.07, 6.45) is 2.83. The predicted octanol–water partition coefficient (Wildman–Crippen LogP) is 5.60. The van der Waals surface area contributed by atoms with Crippen LogP contribution in [-0.2, 0) is 12.2 Å². The minimum Gasteiger partial charge on any atom is -0.497 e. The van der Waals surface area contributed by atoms with Crippen molar-refractivity contribution in [3.05, 3.63) is 72.1 Å². The highest BCUT2D eigenvalue weighted by atomic mass is 32.2. The number of para-hydroxylation sites is 2. The van der Waals surface area contributed by atoms with Gasteiger partial charge in [0.25, 0.3) is 0 Å². The summed E-state index contributed by atoms with van der Waals surface area (Å²) in [5.41, 5.74) is 4.24. The first-order valence-corrected chi connectivity index (χ1v) is 11.6. The number of rotatable bonds is 9. The van der Waals surface area contributed by atoms with Gasteiger partial charge in [0.2, 0.25) is 0 Å². The Morgan fingerprint density at radius 3 is 2.53 bits per heavy atom. The number of pyridine rings is 1. The molecule has 0 aliphatic carbocycles. The zero-order chi connectivity index (χ0) is 20.8. The minimum atomic E-state index is 0.690. The van der Waals surface area contributed by atoms with Gasteiger partial charge in [0.05, 0.1) is 35.8 Å². The van der Waals surface area contributed by atoms with Crippen molar-refractivity contribution in [1.29, 1.82) is 0 Å². The van der Waals surface area contributed by atoms with Crippen LogP contribution in [-0.4, -0.2) is 34.9 Å². The van der Waals surface area contributed by atoms with Gasteiger partial charge in [-0.25, -0.2) is 4.98 Å². The molecule has 1 N–H and O–H groups in total. The molecule has 7 heteroatoms. The van der Waals surface area contributed by atoms with Crippen molar-refractivity contribution in [3.63, 3.8) is 0 Å². The average Bonchev–Trinajstić information content (AvgIpc) is 3.21. The molecule has 2 aromatic carbocycles. The number of imidazole rings is 1. The largest absolute Gasteiger partial charge is 0.497 e. The SMILES string of the molecule is COc1ccc(CCSc2ccnc(CSc3nc4ccccc4[nH]3)c2OC)cc1. The fourth-order valence-electron chi connectivity index (χ4n) is 3.11. The van der Waals surface area contributed by atoms with Crippen LogP contribution in [0.2, 0.25) is 0 Å². The fourth-order valence-corrected chi connectivity index (χ4v) is 4.98. The zero-order valence-corrected chi connectivity index (χ0v) is 18.6. The van der Waals surface area contributed by atoms with Crippen molar-refractivity contribution in [1.82, 2.24) is 15.0 Å². The second-order valence-electron chi connectivity index (χ2n) is 6.58. The van der Waals surface area contributed by atoms with Crippen molar-refractivity contribution in [2.24, 2.45) is 0 Å². The second-order valence-corrected chi connectivity index (χ2v) is 8.68. The number of H-pyrrole nitrogens is 1. The van der Waals surface area contributed by atoms with Gasteiger partial charge in [0.1, 0.15) is 5.75 Å². The number of fused-ring (bicyclic) bond motifs is 1. The van der Waals surface area contributed by atoms with E-state index in [1.807, 2.05) is 48.7 Å². The molecule has 0 saturated heterocycles. The lowest BCUT2D eigenvalue weighted by atomic mass is 10.2. The summed E-state index contributed by atoms with van der Waals surface area (Å²) in [6, 6.07) is 18.3. The first kappa shape index (κ1) is 20.6. The first-order chi connectivity index (χ1) is 14.8. The van der Waals surface area contributed by atoms with E-state index in [0.29, 0.717) is 5.75 Å². The van der Waals surface area contributed by atoms with Gasteiger partial charge in [0, 0.05) is 17.7 Å². The molecule has 0 amide bonds. The fraction of sp³-hybridized carbons (Fsp3) is 0.217. The lowest BCUT2D eigenvalue weighted by Crippen LogP contribution is -1.97. The highest BCUT2D eigenvalue weighted by Gasteiger charge is 2.13. The van der Waals surface area contributed by atoms with E-state index in [4.69, 9.17) is 9.47 Å². The Bertz CT molecular complexity index is 1080. The molecule has 0 bridgehead atoms. The van der Waals surface area contributed by atoms with E-state index in [1.165, 1.54) is 5.56 Å². The highest BCUT2D eigenvalue weighted by Crippen LogP contribution is 2.34. The third-order valence-electron chi connectivity index (χ3n) is 4.67. The van der Waals surface area contributed by atoms with Gasteiger partial charge in [-0.2, -0.15) is 0 Å². The molecule has 0 saturated carbocycles. The summed E-state index contributed by atoms with van der Waals surface area (Å²) in [4.78, 5) is 13.6. The van der Waals surface area contributed by atoms with E-state index in [0.717, 1.165) is 50.5 Å². The van der Waals surface area contributed by atoms with Crippen LogP contribution >= 0.6 is 23.5 Å². The molecule has 0 aliphatic rings. The molecule has 154 valence electrons. The average molecular weight is 438 g/mol. The number of nitrogens with zero attached hydrogens (tertiary/aromatic N) is 2. The van der Waals surface area contributed by atoms with Crippen LogP contribution < -0.4 is 9.47 Å². The summed E-state index contributed by atoms with van der Waals surface area (Å²) in [5.74, 6) is 3.38. The maximum Gasteiger partial charge on any atom is 0.166 e. The molecule has 0 unspecified atom stereocenters. The molecule has 4 aromatic rings. The van der Waals surface area contributed by atoms with E-state index >= 15 is 0 Å². The molecule has 0 radical (unpaired) electrons. The minimum absolute atomic E-state index is 0.690. The van der Waals surface area contributed by atoms with Gasteiger partial charge in [-0.05, 0) is 42.3 Å². The topological polar surface area (TPSA) is 60.0 Å². The lowest BCUT2D eigenvalue weighted by Gasteiger charge is -2.12. The molecule has 4 rings (SSSR count). The Morgan fingerprint density at radius 2 is 1.77 bits per heavy atom. The Kier molecular flexibility index (Phi) is 6.81. The molecule has 2 aromatic heterocycles. The molecule has 0 atom stereocenters. The normalized spacial score (nSPS) is 11.0. The number of ether oxygens (including phenoxy) is 2. The van der Waals surface area contributed by atoms with Crippen molar-refractivity contribution in [2.45, 2.75) is 22.2 Å². The third-order valence-corrected chi connectivity index (χ3v) is 6.59. The van der Waals surface area contributed by atoms with Crippen LogP contribution in [0.1, 0.15) is 11.3 Å². The number of aromatic amines is 1. The number of methoxy groups -OCH3 is 2. The third kappa shape index (κ3) is 4.91. The van der Waals surface area contributed by atoms with Crippen LogP contribution in [0.4, 0.5) is 0 Å². The maximum absolute atomic E-state index is 5.71. The maximum atomic E-state index is 5.71. The van der Waals surface area contributed by atoms with Crippen molar-refractivity contribution in [3.8, 4) is 11.5 Å². The number of hydrogen-bond donors (Lipinski definition) is 1. The van der Waals surface area contributed by atoms with E-state index in [-0.39, 0.29) is 0 Å². The summed E-state index contributed by atoms with van der Waals surface area (Å²) in [6.45, 7) is 0. The number of nitrogens with one attached hydrogen (secondary N) is 1. The Labute approximate surface area is 184 Å². The molecule has 2 heterocycles. The van der Waals surface area contributed by atoms with E-state index < -0.39 is 0 Å². The van der Waals surface area contributed by atoms with Gasteiger partial charge in [-0.15, -0.1) is 11.8 Å². The van der Waals surface area contributed by atoms with Crippen LogP contribution in [0, 0.1) is 0 Å². The van der Waals surface area contributed by atoms with Crippen molar-refractivity contribution >= 4 is 34.6 Å². The Hall–Kier alpha value is -2.64. The number of thioether (sulfide) groups is 2. The van der Waals surface area contributed by atoms with Crippen LogP contribution in [0.3, 0.4) is 0 Å². The second kappa shape index (κ2) is 9.91. The predicted molar refractivity (Wildman–Crippen MR) is 124 cm³/mol. The Balaban J connectivity index is 1.39. The summed E-state index contributed by atoms with van der Waals surface area (Å²) in [5, 5.41) is 0.887. The van der Waals surface area contributed by atoms with Gasteiger partial charge < -0.3 is 14.5 Å². The van der Waals surface area contributed by atoms with Gasteiger partial charge >= 0.3 is 0 Å². The Morgan fingerprint density at radius 1 is 0.933 bits per heavy atom. The monoisotopic (exact) mass is 437 g/mol. The van der Waals surface area contributed by atoms with Gasteiger partial charge in [-0.3, -0.25) is 4.98 Å². The molecule has 0 fully saturated rings. The van der Waals surface area contributed by atoms with E-state index in [1.54, 1.807) is 37.7 Å². The van der Waals surface area contributed by atoms with Crippen LogP contribution in [0.5, 0.6) is 11.5 Å². The van der Waals surface area contributed by atoms with Crippen LogP contribution in [0.15, 0.2) is 70.8 Å². The van der Waals surface area contributed by atoms with Crippen molar-refractivity contribution in [2.75, 3.05) is 20.0 Å². The number of aromatic nitrogens is 3. The number of hydrogen-bond acceptors (Lipinski definition) is 6. The first-order valence-electron chi connectivity index (χ1n) is 9.62. The summed E-state index contributed by atoms with van der Waals surface area (Å²) in [7, 11) is 3.39. The lowest BCUT2D eigenvalue weighted by molar-refractivity contribution is 0.398. The molecule has 30 heavy (non-hydrogen) atoms.